The fourth-order valence-corrected chi connectivity index (χ4v) is 2.27. The topological polar surface area (TPSA) is 57.6 Å². The quantitative estimate of drug-likeness (QED) is 0.799. The van der Waals surface area contributed by atoms with Crippen LogP contribution in [0.2, 0.25) is 0 Å². The van der Waals surface area contributed by atoms with Gasteiger partial charge in [-0.25, -0.2) is 0 Å². The second-order valence-electron chi connectivity index (χ2n) is 3.19. The van der Waals surface area contributed by atoms with Gasteiger partial charge in [0.1, 0.15) is 0 Å². The molecule has 14 heavy (non-hydrogen) atoms. The maximum atomic E-state index is 11.5. The Balaban J connectivity index is 2.16. The van der Waals surface area contributed by atoms with E-state index in [1.807, 2.05) is 17.5 Å². The van der Waals surface area contributed by atoms with E-state index in [-0.39, 0.29) is 12.3 Å². The summed E-state index contributed by atoms with van der Waals surface area (Å²) in [6, 6.07) is 3.67. The highest BCUT2D eigenvalue weighted by Crippen LogP contribution is 2.28. The molecule has 5 heteroatoms. The number of thiophene rings is 1. The van der Waals surface area contributed by atoms with E-state index >= 15 is 0 Å². The average Bonchev–Trinajstić information content (AvgIpc) is 2.71. The number of rotatable bonds is 2. The molecule has 74 valence electrons. The van der Waals surface area contributed by atoms with Crippen LogP contribution in [0.25, 0.3) is 0 Å². The number of carbonyl (C=O) groups is 2. The van der Waals surface area contributed by atoms with Crippen molar-refractivity contribution in [1.82, 2.24) is 0 Å². The number of carboxylic acids is 1. The Morgan fingerprint density at radius 2 is 2.43 bits per heavy atom. The highest BCUT2D eigenvalue weighted by atomic mass is 32.1. The van der Waals surface area contributed by atoms with Crippen molar-refractivity contribution in [3.63, 3.8) is 0 Å². The molecule has 0 spiro atoms. The van der Waals surface area contributed by atoms with Crippen LogP contribution in [0, 0.1) is 5.92 Å². The predicted octanol–water partition coefficient (Wildman–Crippen LogP) is 1.19. The van der Waals surface area contributed by atoms with Crippen molar-refractivity contribution in [1.29, 1.82) is 0 Å². The number of aliphatic carboxylic acids is 1. The van der Waals surface area contributed by atoms with E-state index in [1.54, 1.807) is 4.90 Å². The molecule has 1 aliphatic rings. The zero-order valence-electron chi connectivity index (χ0n) is 7.34. The summed E-state index contributed by atoms with van der Waals surface area (Å²) in [5, 5.41) is 11.5. The average molecular weight is 211 g/mol. The smallest absolute Gasteiger partial charge is 0.308 e. The zero-order chi connectivity index (χ0) is 10.1. The molecule has 0 aromatic carbocycles. The molecule has 0 saturated carbocycles. The minimum absolute atomic E-state index is 0.0974. The van der Waals surface area contributed by atoms with E-state index < -0.39 is 11.9 Å². The first-order valence-corrected chi connectivity index (χ1v) is 5.13. The third-order valence-corrected chi connectivity index (χ3v) is 3.14. The number of amides is 1. The predicted molar refractivity (Wildman–Crippen MR) is 52.4 cm³/mol. The van der Waals surface area contributed by atoms with Crippen molar-refractivity contribution in [3.05, 3.63) is 17.5 Å². The Morgan fingerprint density at radius 1 is 1.64 bits per heavy atom. The molecule has 1 unspecified atom stereocenters. The number of nitrogens with zero attached hydrogens (tertiary/aromatic N) is 1. The van der Waals surface area contributed by atoms with Crippen LogP contribution < -0.4 is 4.90 Å². The summed E-state index contributed by atoms with van der Waals surface area (Å²) in [5.74, 6) is -1.54. The molecule has 1 amide bonds. The van der Waals surface area contributed by atoms with E-state index in [1.165, 1.54) is 11.3 Å². The van der Waals surface area contributed by atoms with E-state index in [2.05, 4.69) is 0 Å². The summed E-state index contributed by atoms with van der Waals surface area (Å²) in [7, 11) is 0. The number of anilines is 1. The lowest BCUT2D eigenvalue weighted by Gasteiger charge is -2.12. The summed E-state index contributed by atoms with van der Waals surface area (Å²) in [5.41, 5.74) is 0. The first kappa shape index (κ1) is 9.21. The Morgan fingerprint density at radius 3 is 2.93 bits per heavy atom. The third kappa shape index (κ3) is 1.50. The first-order valence-electron chi connectivity index (χ1n) is 4.25. The molecular weight excluding hydrogens is 202 g/mol. The van der Waals surface area contributed by atoms with Crippen LogP contribution in [0.3, 0.4) is 0 Å². The maximum Gasteiger partial charge on any atom is 0.308 e. The summed E-state index contributed by atoms with van der Waals surface area (Å²) in [6.45, 7) is 0.300. The molecular formula is C9H9NO3S. The summed E-state index contributed by atoms with van der Waals surface area (Å²) in [4.78, 5) is 23.7. The van der Waals surface area contributed by atoms with Crippen molar-refractivity contribution >= 4 is 28.2 Å². The molecule has 1 atom stereocenters. The van der Waals surface area contributed by atoms with Gasteiger partial charge in [0.15, 0.2) is 0 Å². The standard InChI is InChI=1S/C9H9NO3S/c11-7-4-6(9(12)13)5-10(7)8-2-1-3-14-8/h1-3,6H,4-5H2,(H,12,13). The number of hydrogen-bond acceptors (Lipinski definition) is 3. The lowest BCUT2D eigenvalue weighted by molar-refractivity contribution is -0.141. The first-order chi connectivity index (χ1) is 6.68. The summed E-state index contributed by atoms with van der Waals surface area (Å²) < 4.78 is 0. The van der Waals surface area contributed by atoms with Crippen molar-refractivity contribution in [2.45, 2.75) is 6.42 Å². The summed E-state index contributed by atoms with van der Waals surface area (Å²) in [6.07, 6.45) is 0.118. The van der Waals surface area contributed by atoms with Gasteiger partial charge in [0, 0.05) is 13.0 Å². The zero-order valence-corrected chi connectivity index (χ0v) is 8.16. The van der Waals surface area contributed by atoms with Gasteiger partial charge in [0.05, 0.1) is 10.9 Å². The van der Waals surface area contributed by atoms with Gasteiger partial charge in [0.25, 0.3) is 0 Å². The molecule has 2 rings (SSSR count). The van der Waals surface area contributed by atoms with Crippen LogP contribution in [0.15, 0.2) is 17.5 Å². The Kier molecular flexibility index (Phi) is 2.25. The van der Waals surface area contributed by atoms with Gasteiger partial charge < -0.3 is 10.0 Å². The second-order valence-corrected chi connectivity index (χ2v) is 4.12. The maximum absolute atomic E-state index is 11.5. The number of carboxylic acid groups (broad SMARTS) is 1. The highest BCUT2D eigenvalue weighted by molar-refractivity contribution is 7.14. The SMILES string of the molecule is O=C(O)C1CC(=O)N(c2cccs2)C1. The number of carbonyl (C=O) groups excluding carboxylic acids is 1. The Hall–Kier alpha value is -1.36. The van der Waals surface area contributed by atoms with Gasteiger partial charge in [-0.3, -0.25) is 9.59 Å². The molecule has 0 bridgehead atoms. The molecule has 1 fully saturated rings. The highest BCUT2D eigenvalue weighted by Gasteiger charge is 2.35. The van der Waals surface area contributed by atoms with Crippen LogP contribution in [-0.4, -0.2) is 23.5 Å². The largest absolute Gasteiger partial charge is 0.481 e. The lowest BCUT2D eigenvalue weighted by Crippen LogP contribution is -2.24. The van der Waals surface area contributed by atoms with E-state index in [9.17, 15) is 9.59 Å². The van der Waals surface area contributed by atoms with E-state index in [0.29, 0.717) is 6.54 Å². The fraction of sp³-hybridized carbons (Fsp3) is 0.333. The monoisotopic (exact) mass is 211 g/mol. The molecule has 1 saturated heterocycles. The molecule has 1 aliphatic heterocycles. The minimum atomic E-state index is -0.891. The molecule has 1 aromatic heterocycles. The molecule has 4 nitrogen and oxygen atoms in total. The van der Waals surface area contributed by atoms with Gasteiger partial charge in [-0.15, -0.1) is 11.3 Å². The molecule has 1 N–H and O–H groups in total. The molecule has 0 aliphatic carbocycles. The fourth-order valence-electron chi connectivity index (χ4n) is 1.51. The van der Waals surface area contributed by atoms with Crippen molar-refractivity contribution in [3.8, 4) is 0 Å². The van der Waals surface area contributed by atoms with Crippen LogP contribution in [0.4, 0.5) is 5.00 Å². The van der Waals surface area contributed by atoms with Crippen LogP contribution in [0.5, 0.6) is 0 Å². The second kappa shape index (κ2) is 3.42. The third-order valence-electron chi connectivity index (χ3n) is 2.25. The Bertz CT molecular complexity index is 360. The van der Waals surface area contributed by atoms with Gasteiger partial charge in [-0.2, -0.15) is 0 Å². The normalized spacial score (nSPS) is 21.6. The van der Waals surface area contributed by atoms with Gasteiger partial charge in [-0.05, 0) is 17.5 Å². The minimum Gasteiger partial charge on any atom is -0.481 e. The van der Waals surface area contributed by atoms with E-state index in [4.69, 9.17) is 5.11 Å². The molecule has 0 radical (unpaired) electrons. The van der Waals surface area contributed by atoms with E-state index in [0.717, 1.165) is 5.00 Å². The van der Waals surface area contributed by atoms with Gasteiger partial charge >= 0.3 is 5.97 Å². The number of hydrogen-bond donors (Lipinski definition) is 1. The van der Waals surface area contributed by atoms with Crippen LogP contribution in [0.1, 0.15) is 6.42 Å². The van der Waals surface area contributed by atoms with Crippen molar-refractivity contribution < 1.29 is 14.7 Å². The van der Waals surface area contributed by atoms with Crippen LogP contribution >= 0.6 is 11.3 Å². The lowest BCUT2D eigenvalue weighted by atomic mass is 10.1. The van der Waals surface area contributed by atoms with Crippen molar-refractivity contribution in [2.24, 2.45) is 5.92 Å². The van der Waals surface area contributed by atoms with Gasteiger partial charge in [-0.1, -0.05) is 0 Å². The van der Waals surface area contributed by atoms with Crippen LogP contribution in [-0.2, 0) is 9.59 Å². The molecule has 2 heterocycles. The Labute approximate surface area is 84.8 Å². The summed E-state index contributed by atoms with van der Waals surface area (Å²) >= 11 is 1.45. The van der Waals surface area contributed by atoms with Crippen molar-refractivity contribution in [2.75, 3.05) is 11.4 Å². The molecule has 1 aromatic rings. The van der Waals surface area contributed by atoms with Gasteiger partial charge in [0.2, 0.25) is 5.91 Å².